The second-order valence-electron chi connectivity index (χ2n) is 5.38. The van der Waals surface area contributed by atoms with Gasteiger partial charge in [-0.05, 0) is 19.3 Å². The highest BCUT2D eigenvalue weighted by atomic mass is 32.2. The van der Waals surface area contributed by atoms with E-state index in [9.17, 15) is 18.0 Å². The van der Waals surface area contributed by atoms with Crippen molar-refractivity contribution in [3.63, 3.8) is 0 Å². The van der Waals surface area contributed by atoms with E-state index in [2.05, 4.69) is 5.32 Å². The first-order valence-electron chi connectivity index (χ1n) is 7.23. The molecule has 7 nitrogen and oxygen atoms in total. The van der Waals surface area contributed by atoms with Gasteiger partial charge in [0.1, 0.15) is 0 Å². The fourth-order valence-electron chi connectivity index (χ4n) is 2.73. The Bertz CT molecular complexity index is 477. The summed E-state index contributed by atoms with van der Waals surface area (Å²) in [7, 11) is -3.21. The Morgan fingerprint density at radius 1 is 1.29 bits per heavy atom. The van der Waals surface area contributed by atoms with Crippen molar-refractivity contribution in [2.75, 3.05) is 25.9 Å². The molecule has 2 N–H and O–H groups in total. The van der Waals surface area contributed by atoms with Gasteiger partial charge in [0.15, 0.2) is 0 Å². The fourth-order valence-corrected chi connectivity index (χ4v) is 3.66. The fraction of sp³-hybridized carbons (Fsp3) is 0.846. The standard InChI is InChI=1S/C13H24N2O5S/c1-3-15(21(2,19)20)9-5-8-14-12(16)10-6-4-7-11(10)13(17)18/h10-11H,3-9H2,1-2H3,(H,14,16)(H,17,18)/t10-,11+/m1/s1. The highest BCUT2D eigenvalue weighted by molar-refractivity contribution is 7.88. The second kappa shape index (κ2) is 7.74. The van der Waals surface area contributed by atoms with Gasteiger partial charge in [-0.25, -0.2) is 12.7 Å². The third-order valence-corrected chi connectivity index (χ3v) is 5.25. The van der Waals surface area contributed by atoms with Crippen molar-refractivity contribution >= 4 is 21.9 Å². The molecular weight excluding hydrogens is 296 g/mol. The van der Waals surface area contributed by atoms with Crippen molar-refractivity contribution in [1.82, 2.24) is 9.62 Å². The summed E-state index contributed by atoms with van der Waals surface area (Å²) in [6.07, 6.45) is 3.58. The zero-order chi connectivity index (χ0) is 16.0. The molecule has 0 spiro atoms. The van der Waals surface area contributed by atoms with E-state index in [1.54, 1.807) is 6.92 Å². The first kappa shape index (κ1) is 17.9. The van der Waals surface area contributed by atoms with Crippen LogP contribution in [0, 0.1) is 11.8 Å². The largest absolute Gasteiger partial charge is 0.481 e. The number of hydrogen-bond acceptors (Lipinski definition) is 4. The molecule has 2 atom stereocenters. The maximum Gasteiger partial charge on any atom is 0.307 e. The van der Waals surface area contributed by atoms with Gasteiger partial charge in [-0.2, -0.15) is 0 Å². The summed E-state index contributed by atoms with van der Waals surface area (Å²) < 4.78 is 24.1. The van der Waals surface area contributed by atoms with Crippen molar-refractivity contribution < 1.29 is 23.1 Å². The summed E-state index contributed by atoms with van der Waals surface area (Å²) in [5.74, 6) is -2.20. The predicted octanol–water partition coefficient (Wildman–Crippen LogP) is 0.275. The van der Waals surface area contributed by atoms with Gasteiger partial charge in [0.25, 0.3) is 0 Å². The quantitative estimate of drug-likeness (QED) is 0.625. The molecule has 1 aliphatic carbocycles. The summed E-state index contributed by atoms with van der Waals surface area (Å²) in [5.41, 5.74) is 0. The zero-order valence-corrected chi connectivity index (χ0v) is 13.4. The Labute approximate surface area is 125 Å². The number of nitrogens with zero attached hydrogens (tertiary/aromatic N) is 1. The SMILES string of the molecule is CCN(CCCNC(=O)[C@@H]1CCC[C@@H]1C(=O)O)S(C)(=O)=O. The number of carbonyl (C=O) groups excluding carboxylic acids is 1. The minimum atomic E-state index is -3.21. The van der Waals surface area contributed by atoms with Crippen LogP contribution in [0.15, 0.2) is 0 Å². The van der Waals surface area contributed by atoms with Crippen LogP contribution in [-0.4, -0.2) is 55.6 Å². The molecule has 1 rings (SSSR count). The van der Waals surface area contributed by atoms with E-state index in [4.69, 9.17) is 5.11 Å². The lowest BCUT2D eigenvalue weighted by Crippen LogP contribution is -2.37. The maximum absolute atomic E-state index is 12.0. The molecule has 1 amide bonds. The van der Waals surface area contributed by atoms with E-state index < -0.39 is 27.8 Å². The average Bonchev–Trinajstić information content (AvgIpc) is 2.86. The van der Waals surface area contributed by atoms with Crippen LogP contribution in [0.4, 0.5) is 0 Å². The third-order valence-electron chi connectivity index (χ3n) is 3.88. The number of hydrogen-bond donors (Lipinski definition) is 2. The molecule has 1 aliphatic rings. The monoisotopic (exact) mass is 320 g/mol. The van der Waals surface area contributed by atoms with E-state index in [-0.39, 0.29) is 5.91 Å². The maximum atomic E-state index is 12.0. The molecule has 0 saturated heterocycles. The van der Waals surface area contributed by atoms with Gasteiger partial charge in [-0.3, -0.25) is 9.59 Å². The minimum absolute atomic E-state index is 0.234. The van der Waals surface area contributed by atoms with Gasteiger partial charge in [-0.15, -0.1) is 0 Å². The van der Waals surface area contributed by atoms with E-state index in [1.807, 2.05) is 0 Å². The first-order chi connectivity index (χ1) is 9.77. The lowest BCUT2D eigenvalue weighted by atomic mass is 9.95. The molecule has 0 aromatic heterocycles. The van der Waals surface area contributed by atoms with Gasteiger partial charge < -0.3 is 10.4 Å². The van der Waals surface area contributed by atoms with Crippen LogP contribution in [0.3, 0.4) is 0 Å². The van der Waals surface area contributed by atoms with E-state index in [1.165, 1.54) is 4.31 Å². The van der Waals surface area contributed by atoms with Crippen LogP contribution in [0.25, 0.3) is 0 Å². The van der Waals surface area contributed by atoms with Gasteiger partial charge in [-0.1, -0.05) is 13.3 Å². The van der Waals surface area contributed by atoms with Crippen LogP contribution in [0.2, 0.25) is 0 Å². The molecule has 122 valence electrons. The summed E-state index contributed by atoms with van der Waals surface area (Å²) in [4.78, 5) is 23.0. The van der Waals surface area contributed by atoms with Crippen LogP contribution in [-0.2, 0) is 19.6 Å². The molecule has 21 heavy (non-hydrogen) atoms. The molecule has 0 aliphatic heterocycles. The lowest BCUT2D eigenvalue weighted by Gasteiger charge is -2.19. The normalized spacial score (nSPS) is 22.4. The Kier molecular flexibility index (Phi) is 6.60. The average molecular weight is 320 g/mol. The van der Waals surface area contributed by atoms with E-state index in [0.717, 1.165) is 12.7 Å². The van der Waals surface area contributed by atoms with Crippen molar-refractivity contribution in [2.24, 2.45) is 11.8 Å². The highest BCUT2D eigenvalue weighted by Gasteiger charge is 2.37. The molecule has 0 aromatic rings. The van der Waals surface area contributed by atoms with Gasteiger partial charge in [0.05, 0.1) is 18.1 Å². The minimum Gasteiger partial charge on any atom is -0.481 e. The topological polar surface area (TPSA) is 104 Å². The van der Waals surface area contributed by atoms with E-state index in [0.29, 0.717) is 38.9 Å². The van der Waals surface area contributed by atoms with Crippen molar-refractivity contribution in [3.8, 4) is 0 Å². The number of amides is 1. The molecule has 1 fully saturated rings. The number of sulfonamides is 1. The molecule has 8 heteroatoms. The number of carboxylic acids is 1. The summed E-state index contributed by atoms with van der Waals surface area (Å²) in [5, 5.41) is 11.8. The molecular formula is C13H24N2O5S. The number of aliphatic carboxylic acids is 1. The summed E-state index contributed by atoms with van der Waals surface area (Å²) in [6.45, 7) is 2.86. The van der Waals surface area contributed by atoms with Crippen LogP contribution < -0.4 is 5.32 Å². The van der Waals surface area contributed by atoms with Gasteiger partial charge in [0, 0.05) is 19.6 Å². The molecule has 0 aromatic carbocycles. The lowest BCUT2D eigenvalue weighted by molar-refractivity contribution is -0.146. The predicted molar refractivity (Wildman–Crippen MR) is 78.2 cm³/mol. The highest BCUT2D eigenvalue weighted by Crippen LogP contribution is 2.31. The second-order valence-corrected chi connectivity index (χ2v) is 7.36. The summed E-state index contributed by atoms with van der Waals surface area (Å²) in [6, 6.07) is 0. The number of rotatable bonds is 8. The molecule has 0 unspecified atom stereocenters. The Hall–Kier alpha value is -1.15. The molecule has 1 saturated carbocycles. The number of carboxylic acid groups (broad SMARTS) is 1. The molecule has 0 heterocycles. The Balaban J connectivity index is 2.35. The van der Waals surface area contributed by atoms with Crippen LogP contribution in [0.5, 0.6) is 0 Å². The number of carbonyl (C=O) groups is 2. The smallest absolute Gasteiger partial charge is 0.307 e. The van der Waals surface area contributed by atoms with Crippen molar-refractivity contribution in [2.45, 2.75) is 32.6 Å². The van der Waals surface area contributed by atoms with Crippen molar-refractivity contribution in [3.05, 3.63) is 0 Å². The zero-order valence-electron chi connectivity index (χ0n) is 12.5. The molecule has 0 bridgehead atoms. The van der Waals surface area contributed by atoms with E-state index >= 15 is 0 Å². The van der Waals surface area contributed by atoms with Crippen LogP contribution >= 0.6 is 0 Å². The number of nitrogens with one attached hydrogen (secondary N) is 1. The molecule has 0 radical (unpaired) electrons. The van der Waals surface area contributed by atoms with Gasteiger partial charge >= 0.3 is 5.97 Å². The van der Waals surface area contributed by atoms with Gasteiger partial charge in [0.2, 0.25) is 15.9 Å². The van der Waals surface area contributed by atoms with Crippen LogP contribution in [0.1, 0.15) is 32.6 Å². The Morgan fingerprint density at radius 2 is 1.90 bits per heavy atom. The Morgan fingerprint density at radius 3 is 2.43 bits per heavy atom. The summed E-state index contributed by atoms with van der Waals surface area (Å²) >= 11 is 0. The first-order valence-corrected chi connectivity index (χ1v) is 9.07. The van der Waals surface area contributed by atoms with Crippen molar-refractivity contribution in [1.29, 1.82) is 0 Å². The third kappa shape index (κ3) is 5.28.